The Morgan fingerprint density at radius 1 is 1.53 bits per heavy atom. The minimum Gasteiger partial charge on any atom is -0.481 e. The van der Waals surface area contributed by atoms with Crippen LogP contribution in [-0.4, -0.2) is 39.5 Å². The number of carboxylic acids is 1. The molecule has 0 saturated carbocycles. The summed E-state index contributed by atoms with van der Waals surface area (Å²) in [5, 5.41) is 15.6. The number of aromatic nitrogens is 3. The first-order chi connectivity index (χ1) is 8.10. The zero-order valence-corrected chi connectivity index (χ0v) is 9.90. The van der Waals surface area contributed by atoms with Crippen LogP contribution in [-0.2, 0) is 21.4 Å². The maximum Gasteiger partial charge on any atom is 0.303 e. The van der Waals surface area contributed by atoms with Gasteiger partial charge in [0.2, 0.25) is 0 Å². The Hall–Kier alpha value is -1.43. The minimum atomic E-state index is -0.819. The Balaban J connectivity index is 2.03. The summed E-state index contributed by atoms with van der Waals surface area (Å²) in [5.41, 5.74) is -0.0454. The Kier molecular flexibility index (Phi) is 3.42. The molecule has 17 heavy (non-hydrogen) atoms. The van der Waals surface area contributed by atoms with Gasteiger partial charge in [-0.2, -0.15) is 5.10 Å². The molecule has 2 heterocycles. The summed E-state index contributed by atoms with van der Waals surface area (Å²) in [4.78, 5) is 14.9. The van der Waals surface area contributed by atoms with E-state index >= 15 is 0 Å². The summed E-state index contributed by atoms with van der Waals surface area (Å²) in [5.74, 6) is 0.608. The third-order valence-corrected chi connectivity index (χ3v) is 3.24. The van der Waals surface area contributed by atoms with Gasteiger partial charge in [-0.1, -0.05) is 6.92 Å². The summed E-state index contributed by atoms with van der Waals surface area (Å²) in [7, 11) is 0. The zero-order valence-electron chi connectivity index (χ0n) is 9.90. The summed E-state index contributed by atoms with van der Waals surface area (Å²) in [6.45, 7) is 3.59. The molecule has 94 valence electrons. The number of aliphatic carboxylic acids is 1. The molecule has 2 N–H and O–H groups in total. The minimum absolute atomic E-state index is 0.0454. The zero-order chi connectivity index (χ0) is 12.3. The van der Waals surface area contributed by atoms with Crippen molar-refractivity contribution < 1.29 is 14.6 Å². The molecule has 1 aliphatic heterocycles. The van der Waals surface area contributed by atoms with Gasteiger partial charge in [-0.25, -0.2) is 4.98 Å². The maximum absolute atomic E-state index is 10.5. The lowest BCUT2D eigenvalue weighted by atomic mass is 9.82. The van der Waals surface area contributed by atoms with Gasteiger partial charge in [0.05, 0.1) is 6.42 Å². The third-order valence-electron chi connectivity index (χ3n) is 3.24. The Bertz CT molecular complexity index is 396. The third kappa shape index (κ3) is 2.82. The van der Waals surface area contributed by atoms with Gasteiger partial charge in [0, 0.05) is 25.0 Å². The van der Waals surface area contributed by atoms with Crippen molar-refractivity contribution in [3.8, 4) is 0 Å². The van der Waals surface area contributed by atoms with Crippen LogP contribution < -0.4 is 0 Å². The lowest BCUT2D eigenvalue weighted by Gasteiger charge is -2.30. The van der Waals surface area contributed by atoms with E-state index in [2.05, 4.69) is 22.1 Å². The van der Waals surface area contributed by atoms with E-state index in [1.54, 1.807) is 0 Å². The number of aryl methyl sites for hydroxylation is 1. The number of H-pyrrole nitrogens is 1. The molecule has 1 aliphatic rings. The fourth-order valence-corrected chi connectivity index (χ4v) is 1.95. The van der Waals surface area contributed by atoms with Crippen molar-refractivity contribution in [3.63, 3.8) is 0 Å². The molecular weight excluding hydrogens is 222 g/mol. The molecule has 1 aromatic heterocycles. The average Bonchev–Trinajstić information content (AvgIpc) is 2.76. The SMILES string of the molecule is CC1(c2n[nH]c(CCC(=O)O)n2)CCOCC1. The molecule has 0 radical (unpaired) electrons. The van der Waals surface area contributed by atoms with E-state index in [0.29, 0.717) is 12.2 Å². The molecule has 0 amide bonds. The maximum atomic E-state index is 10.5. The van der Waals surface area contributed by atoms with Gasteiger partial charge in [-0.15, -0.1) is 0 Å². The monoisotopic (exact) mass is 239 g/mol. The molecular formula is C11H17N3O3. The number of carbonyl (C=O) groups is 1. The van der Waals surface area contributed by atoms with Gasteiger partial charge in [-0.05, 0) is 12.8 Å². The van der Waals surface area contributed by atoms with Gasteiger partial charge in [0.1, 0.15) is 5.82 Å². The van der Waals surface area contributed by atoms with Crippen LogP contribution in [0.25, 0.3) is 0 Å². The highest BCUT2D eigenvalue weighted by molar-refractivity contribution is 5.66. The van der Waals surface area contributed by atoms with Gasteiger partial charge >= 0.3 is 5.97 Å². The molecule has 1 fully saturated rings. The normalized spacial score (nSPS) is 19.1. The molecule has 0 spiro atoms. The Labute approximate surface area is 99.4 Å². The Morgan fingerprint density at radius 2 is 2.24 bits per heavy atom. The van der Waals surface area contributed by atoms with Crippen LogP contribution in [0.4, 0.5) is 0 Å². The number of hydrogen-bond acceptors (Lipinski definition) is 4. The molecule has 6 nitrogen and oxygen atoms in total. The molecule has 2 rings (SSSR count). The molecule has 0 bridgehead atoms. The molecule has 0 aromatic carbocycles. The smallest absolute Gasteiger partial charge is 0.303 e. The molecule has 6 heteroatoms. The van der Waals surface area contributed by atoms with Crippen molar-refractivity contribution in [1.29, 1.82) is 0 Å². The van der Waals surface area contributed by atoms with E-state index in [-0.39, 0.29) is 11.8 Å². The first-order valence-electron chi connectivity index (χ1n) is 5.81. The highest BCUT2D eigenvalue weighted by atomic mass is 16.5. The lowest BCUT2D eigenvalue weighted by Crippen LogP contribution is -2.31. The number of nitrogens with one attached hydrogen (secondary N) is 1. The predicted molar refractivity (Wildman–Crippen MR) is 59.7 cm³/mol. The van der Waals surface area contributed by atoms with E-state index in [4.69, 9.17) is 9.84 Å². The second-order valence-electron chi connectivity index (χ2n) is 4.67. The molecule has 1 saturated heterocycles. The fourth-order valence-electron chi connectivity index (χ4n) is 1.95. The number of nitrogens with zero attached hydrogens (tertiary/aromatic N) is 2. The van der Waals surface area contributed by atoms with E-state index in [9.17, 15) is 4.79 Å². The number of aromatic amines is 1. The molecule has 0 unspecified atom stereocenters. The average molecular weight is 239 g/mol. The quantitative estimate of drug-likeness (QED) is 0.814. The number of rotatable bonds is 4. The largest absolute Gasteiger partial charge is 0.481 e. The number of carboxylic acid groups (broad SMARTS) is 1. The topological polar surface area (TPSA) is 88.1 Å². The summed E-state index contributed by atoms with van der Waals surface area (Å²) in [6.07, 6.45) is 2.29. The summed E-state index contributed by atoms with van der Waals surface area (Å²) < 4.78 is 5.33. The van der Waals surface area contributed by atoms with Crippen LogP contribution >= 0.6 is 0 Å². The van der Waals surface area contributed by atoms with Crippen LogP contribution in [0.3, 0.4) is 0 Å². The van der Waals surface area contributed by atoms with Crippen molar-refractivity contribution in [2.45, 2.75) is 38.0 Å². The van der Waals surface area contributed by atoms with E-state index in [1.165, 1.54) is 0 Å². The first kappa shape index (κ1) is 12.0. The molecule has 1 aromatic rings. The van der Waals surface area contributed by atoms with Crippen molar-refractivity contribution in [2.24, 2.45) is 0 Å². The predicted octanol–water partition coefficient (Wildman–Crippen LogP) is 0.890. The first-order valence-corrected chi connectivity index (χ1v) is 5.81. The van der Waals surface area contributed by atoms with E-state index in [1.807, 2.05) is 0 Å². The van der Waals surface area contributed by atoms with Gasteiger partial charge in [0.25, 0.3) is 0 Å². The van der Waals surface area contributed by atoms with Gasteiger partial charge in [-0.3, -0.25) is 9.89 Å². The van der Waals surface area contributed by atoms with Crippen molar-refractivity contribution in [2.75, 3.05) is 13.2 Å². The molecule has 0 atom stereocenters. The Morgan fingerprint density at radius 3 is 2.88 bits per heavy atom. The van der Waals surface area contributed by atoms with Crippen molar-refractivity contribution in [3.05, 3.63) is 11.6 Å². The highest BCUT2D eigenvalue weighted by Crippen LogP contribution is 2.31. The van der Waals surface area contributed by atoms with Gasteiger partial charge < -0.3 is 9.84 Å². The lowest BCUT2D eigenvalue weighted by molar-refractivity contribution is -0.137. The van der Waals surface area contributed by atoms with E-state index < -0.39 is 5.97 Å². The molecule has 0 aliphatic carbocycles. The standard InChI is InChI=1S/C11H17N3O3/c1-11(4-6-17-7-5-11)10-12-8(13-14-10)2-3-9(15)16/h2-7H2,1H3,(H,15,16)(H,12,13,14). The second kappa shape index (κ2) is 4.83. The van der Waals surface area contributed by atoms with Crippen LogP contribution in [0.1, 0.15) is 37.8 Å². The van der Waals surface area contributed by atoms with Crippen LogP contribution in [0.15, 0.2) is 0 Å². The van der Waals surface area contributed by atoms with Gasteiger partial charge in [0.15, 0.2) is 5.82 Å². The number of ether oxygens (including phenoxy) is 1. The van der Waals surface area contributed by atoms with Crippen LogP contribution in [0.2, 0.25) is 0 Å². The highest BCUT2D eigenvalue weighted by Gasteiger charge is 2.33. The van der Waals surface area contributed by atoms with Crippen molar-refractivity contribution >= 4 is 5.97 Å². The summed E-state index contributed by atoms with van der Waals surface area (Å²) >= 11 is 0. The summed E-state index contributed by atoms with van der Waals surface area (Å²) in [6, 6.07) is 0. The second-order valence-corrected chi connectivity index (χ2v) is 4.67. The van der Waals surface area contributed by atoms with Crippen LogP contribution in [0, 0.1) is 0 Å². The number of hydrogen-bond donors (Lipinski definition) is 2. The fraction of sp³-hybridized carbons (Fsp3) is 0.727. The van der Waals surface area contributed by atoms with Crippen molar-refractivity contribution in [1.82, 2.24) is 15.2 Å². The van der Waals surface area contributed by atoms with E-state index in [0.717, 1.165) is 31.9 Å². The van der Waals surface area contributed by atoms with Crippen LogP contribution in [0.5, 0.6) is 0 Å².